The summed E-state index contributed by atoms with van der Waals surface area (Å²) in [5.41, 5.74) is 0.996. The highest BCUT2D eigenvalue weighted by atomic mass is 32.1. The number of thiophene rings is 1. The maximum atomic E-state index is 5.48. The highest BCUT2D eigenvalue weighted by Crippen LogP contribution is 2.31. The average molecular weight is 376 g/mol. The third kappa shape index (κ3) is 5.95. The minimum Gasteiger partial charge on any atom is -0.493 e. The summed E-state index contributed by atoms with van der Waals surface area (Å²) in [6, 6.07) is 10.1. The lowest BCUT2D eigenvalue weighted by molar-refractivity contribution is 0.352. The monoisotopic (exact) mass is 375 g/mol. The van der Waals surface area contributed by atoms with E-state index >= 15 is 0 Å². The first kappa shape index (κ1) is 20.1. The summed E-state index contributed by atoms with van der Waals surface area (Å²) in [5, 5.41) is 8.87. The van der Waals surface area contributed by atoms with E-state index < -0.39 is 0 Å². The van der Waals surface area contributed by atoms with Gasteiger partial charge in [-0.3, -0.25) is 0 Å². The zero-order valence-corrected chi connectivity index (χ0v) is 16.9. The Kier molecular flexibility index (Phi) is 8.28. The molecule has 0 fully saturated rings. The summed E-state index contributed by atoms with van der Waals surface area (Å²) in [6.07, 6.45) is 1.08. The van der Waals surface area contributed by atoms with E-state index in [4.69, 9.17) is 14.5 Å². The van der Waals surface area contributed by atoms with Crippen LogP contribution in [-0.2, 0) is 13.0 Å². The summed E-state index contributed by atoms with van der Waals surface area (Å²) in [4.78, 5) is 6.12. The number of benzene rings is 1. The van der Waals surface area contributed by atoms with Gasteiger partial charge in [0.05, 0.1) is 20.8 Å². The molecule has 1 aromatic heterocycles. The molecule has 1 unspecified atom stereocenters. The van der Waals surface area contributed by atoms with Gasteiger partial charge in [-0.15, -0.1) is 11.3 Å². The van der Waals surface area contributed by atoms with Gasteiger partial charge in [-0.25, -0.2) is 4.99 Å². The van der Waals surface area contributed by atoms with Gasteiger partial charge in [0.15, 0.2) is 17.5 Å². The van der Waals surface area contributed by atoms with Crippen LogP contribution in [0.1, 0.15) is 24.3 Å². The molecule has 0 aliphatic heterocycles. The first-order valence-corrected chi connectivity index (χ1v) is 9.80. The Morgan fingerprint density at radius 3 is 2.65 bits per heavy atom. The largest absolute Gasteiger partial charge is 0.493 e. The second kappa shape index (κ2) is 10.7. The Morgan fingerprint density at radius 2 is 2.00 bits per heavy atom. The number of hydrogen-bond donors (Lipinski definition) is 2. The van der Waals surface area contributed by atoms with Crippen LogP contribution in [0, 0.1) is 5.92 Å². The molecule has 0 amide bonds. The first-order valence-electron chi connectivity index (χ1n) is 8.92. The van der Waals surface area contributed by atoms with Crippen LogP contribution in [-0.4, -0.2) is 33.3 Å². The van der Waals surface area contributed by atoms with Crippen LogP contribution in [0.5, 0.6) is 11.5 Å². The van der Waals surface area contributed by atoms with Crippen molar-refractivity contribution in [2.45, 2.75) is 26.8 Å². The topological polar surface area (TPSA) is 54.9 Å². The fourth-order valence-electron chi connectivity index (χ4n) is 2.70. The van der Waals surface area contributed by atoms with E-state index in [1.807, 2.05) is 29.5 Å². The Hall–Kier alpha value is -2.21. The van der Waals surface area contributed by atoms with Gasteiger partial charge in [0.2, 0.25) is 0 Å². The van der Waals surface area contributed by atoms with Crippen LogP contribution in [0.25, 0.3) is 0 Å². The molecule has 1 aromatic carbocycles. The van der Waals surface area contributed by atoms with Crippen LogP contribution in [0.2, 0.25) is 0 Å². The van der Waals surface area contributed by atoms with E-state index in [2.05, 4.69) is 42.0 Å². The molecule has 1 heterocycles. The second-order valence-electron chi connectivity index (χ2n) is 6.12. The molecular formula is C20H29N3O2S. The van der Waals surface area contributed by atoms with Gasteiger partial charge >= 0.3 is 0 Å². The summed E-state index contributed by atoms with van der Waals surface area (Å²) in [5.74, 6) is 2.81. The smallest absolute Gasteiger partial charge is 0.191 e. The standard InChI is InChI=1S/C20H29N3O2S/c1-5-21-20(22-13-15(2)12-17-9-7-11-26-17)23-14-16-8-6-10-18(24-3)19(16)25-4/h6-11,15H,5,12-14H2,1-4H3,(H2,21,22,23). The maximum Gasteiger partial charge on any atom is 0.191 e. The van der Waals surface area contributed by atoms with E-state index in [0.29, 0.717) is 12.5 Å². The van der Waals surface area contributed by atoms with Crippen molar-refractivity contribution in [2.75, 3.05) is 27.3 Å². The van der Waals surface area contributed by atoms with Crippen molar-refractivity contribution in [1.29, 1.82) is 0 Å². The minimum absolute atomic E-state index is 0.523. The summed E-state index contributed by atoms with van der Waals surface area (Å²) in [7, 11) is 3.30. The van der Waals surface area contributed by atoms with Crippen molar-refractivity contribution in [3.63, 3.8) is 0 Å². The van der Waals surface area contributed by atoms with Gasteiger partial charge in [0, 0.05) is 23.5 Å². The Morgan fingerprint density at radius 1 is 1.15 bits per heavy atom. The molecule has 26 heavy (non-hydrogen) atoms. The first-order chi connectivity index (χ1) is 12.7. The van der Waals surface area contributed by atoms with Gasteiger partial charge in [-0.05, 0) is 36.8 Å². The number of aliphatic imine (C=N–C) groups is 1. The lowest BCUT2D eigenvalue weighted by Crippen LogP contribution is -2.39. The normalized spacial score (nSPS) is 12.5. The highest BCUT2D eigenvalue weighted by Gasteiger charge is 2.10. The molecular weight excluding hydrogens is 346 g/mol. The van der Waals surface area contributed by atoms with Gasteiger partial charge < -0.3 is 20.1 Å². The average Bonchev–Trinajstić information content (AvgIpc) is 3.16. The van der Waals surface area contributed by atoms with Crippen LogP contribution in [0.15, 0.2) is 40.7 Å². The van der Waals surface area contributed by atoms with Crippen LogP contribution >= 0.6 is 11.3 Å². The molecule has 0 bridgehead atoms. The van der Waals surface area contributed by atoms with Gasteiger partial charge in [-0.2, -0.15) is 0 Å². The predicted molar refractivity (Wildman–Crippen MR) is 110 cm³/mol. The molecule has 1 atom stereocenters. The number of hydrogen-bond acceptors (Lipinski definition) is 4. The minimum atomic E-state index is 0.523. The number of rotatable bonds is 9. The number of guanidine groups is 1. The zero-order valence-electron chi connectivity index (χ0n) is 16.0. The van der Waals surface area contributed by atoms with Gasteiger partial charge in [0.1, 0.15) is 0 Å². The van der Waals surface area contributed by atoms with Crippen LogP contribution in [0.3, 0.4) is 0 Å². The molecule has 0 aliphatic carbocycles. The van der Waals surface area contributed by atoms with Crippen molar-refractivity contribution in [3.05, 3.63) is 46.2 Å². The van der Waals surface area contributed by atoms with Crippen molar-refractivity contribution in [1.82, 2.24) is 10.6 Å². The number of para-hydroxylation sites is 1. The van der Waals surface area contributed by atoms with E-state index in [1.165, 1.54) is 4.88 Å². The molecule has 2 rings (SSSR count). The number of methoxy groups -OCH3 is 2. The predicted octanol–water partition coefficient (Wildman–Crippen LogP) is 3.70. The highest BCUT2D eigenvalue weighted by molar-refractivity contribution is 7.09. The lowest BCUT2D eigenvalue weighted by atomic mass is 10.1. The molecule has 0 saturated carbocycles. The van der Waals surface area contributed by atoms with Crippen LogP contribution < -0.4 is 20.1 Å². The fourth-order valence-corrected chi connectivity index (χ4v) is 3.57. The van der Waals surface area contributed by atoms with Gasteiger partial charge in [0.25, 0.3) is 0 Å². The van der Waals surface area contributed by atoms with Gasteiger partial charge in [-0.1, -0.05) is 25.1 Å². The molecule has 142 valence electrons. The molecule has 0 aliphatic rings. The molecule has 0 spiro atoms. The summed E-state index contributed by atoms with van der Waals surface area (Å²) < 4.78 is 10.8. The number of nitrogens with one attached hydrogen (secondary N) is 2. The molecule has 2 N–H and O–H groups in total. The number of ether oxygens (including phenoxy) is 2. The number of nitrogens with zero attached hydrogens (tertiary/aromatic N) is 1. The summed E-state index contributed by atoms with van der Waals surface area (Å²) >= 11 is 1.81. The van der Waals surface area contributed by atoms with E-state index in [9.17, 15) is 0 Å². The Labute approximate surface area is 160 Å². The lowest BCUT2D eigenvalue weighted by Gasteiger charge is -2.16. The van der Waals surface area contributed by atoms with E-state index in [-0.39, 0.29) is 0 Å². The molecule has 2 aromatic rings. The SMILES string of the molecule is CCNC(=NCc1cccc(OC)c1OC)NCC(C)Cc1cccs1. The third-order valence-corrected chi connectivity index (χ3v) is 4.88. The molecule has 0 saturated heterocycles. The zero-order chi connectivity index (χ0) is 18.8. The Balaban J connectivity index is 1.98. The molecule has 5 nitrogen and oxygen atoms in total. The maximum absolute atomic E-state index is 5.48. The molecule has 6 heteroatoms. The summed E-state index contributed by atoms with van der Waals surface area (Å²) in [6.45, 7) is 6.54. The van der Waals surface area contributed by atoms with Crippen LogP contribution in [0.4, 0.5) is 0 Å². The van der Waals surface area contributed by atoms with Crippen molar-refractivity contribution >= 4 is 17.3 Å². The van der Waals surface area contributed by atoms with E-state index in [0.717, 1.165) is 42.5 Å². The third-order valence-electron chi connectivity index (χ3n) is 3.98. The second-order valence-corrected chi connectivity index (χ2v) is 7.15. The van der Waals surface area contributed by atoms with Crippen molar-refractivity contribution in [3.8, 4) is 11.5 Å². The van der Waals surface area contributed by atoms with Crippen molar-refractivity contribution in [2.24, 2.45) is 10.9 Å². The van der Waals surface area contributed by atoms with Crippen molar-refractivity contribution < 1.29 is 9.47 Å². The quantitative estimate of drug-likeness (QED) is 0.518. The molecule has 0 radical (unpaired) electrons. The Bertz CT molecular complexity index is 686. The fraction of sp³-hybridized carbons (Fsp3) is 0.450. The van der Waals surface area contributed by atoms with E-state index in [1.54, 1.807) is 14.2 Å².